The summed E-state index contributed by atoms with van der Waals surface area (Å²) in [5.74, 6) is -2.22. The zero-order valence-electron chi connectivity index (χ0n) is 18.6. The molecule has 3 atom stereocenters. The number of halogens is 1. The average Bonchev–Trinajstić information content (AvgIpc) is 2.70. The van der Waals surface area contributed by atoms with E-state index in [1.54, 1.807) is 13.0 Å². The van der Waals surface area contributed by atoms with E-state index in [9.17, 15) is 19.1 Å². The molecule has 2 N–H and O–H groups in total. The number of pyridine rings is 1. The van der Waals surface area contributed by atoms with Crippen molar-refractivity contribution in [3.05, 3.63) is 53.1 Å². The Kier molecular flexibility index (Phi) is 7.96. The summed E-state index contributed by atoms with van der Waals surface area (Å²) in [6, 6.07) is 4.97. The highest BCUT2D eigenvalue weighted by molar-refractivity contribution is 5.97. The standard InChI is InChI=1S/C23H29FN2O5/c1-12(2)19(17-11-16(24)8-7-13(17)3)15(5)31-23(29)14(4)26-22(28)20-21(27)18(30-6)9-10-25-20/h7-12,14-15,19,27H,1-6H3,(H,26,28)/t14-,15-,19+/m0/s1. The van der Waals surface area contributed by atoms with E-state index in [2.05, 4.69) is 10.3 Å². The van der Waals surface area contributed by atoms with E-state index in [0.717, 1.165) is 11.1 Å². The van der Waals surface area contributed by atoms with Gasteiger partial charge in [-0.2, -0.15) is 0 Å². The highest BCUT2D eigenvalue weighted by Crippen LogP contribution is 2.33. The molecule has 8 heteroatoms. The summed E-state index contributed by atoms with van der Waals surface area (Å²) in [6.45, 7) is 9.05. The lowest BCUT2D eigenvalue weighted by atomic mass is 9.82. The van der Waals surface area contributed by atoms with Crippen molar-refractivity contribution < 1.29 is 28.6 Å². The summed E-state index contributed by atoms with van der Waals surface area (Å²) in [4.78, 5) is 28.9. The molecule has 168 valence electrons. The maximum absolute atomic E-state index is 13.8. The Hall–Kier alpha value is -3.16. The molecule has 31 heavy (non-hydrogen) atoms. The molecule has 1 amide bonds. The Balaban J connectivity index is 2.12. The summed E-state index contributed by atoms with van der Waals surface area (Å²) < 4.78 is 24.4. The molecule has 0 bridgehead atoms. The molecule has 0 unspecified atom stereocenters. The van der Waals surface area contributed by atoms with Gasteiger partial charge in [0.05, 0.1) is 7.11 Å². The van der Waals surface area contributed by atoms with Crippen molar-refractivity contribution in [2.75, 3.05) is 7.11 Å². The molecule has 0 spiro atoms. The molecule has 1 aromatic carbocycles. The first-order valence-electron chi connectivity index (χ1n) is 10.1. The third-order valence-corrected chi connectivity index (χ3v) is 5.15. The lowest BCUT2D eigenvalue weighted by molar-refractivity contribution is -0.151. The quantitative estimate of drug-likeness (QED) is 0.617. The van der Waals surface area contributed by atoms with Crippen LogP contribution in [0.25, 0.3) is 0 Å². The van der Waals surface area contributed by atoms with Crippen LogP contribution in [-0.2, 0) is 9.53 Å². The van der Waals surface area contributed by atoms with Crippen molar-refractivity contribution in [2.45, 2.75) is 52.7 Å². The maximum atomic E-state index is 13.8. The lowest BCUT2D eigenvalue weighted by Gasteiger charge is -2.30. The molecule has 2 rings (SSSR count). The Morgan fingerprint density at radius 1 is 1.16 bits per heavy atom. The van der Waals surface area contributed by atoms with Gasteiger partial charge in [-0.3, -0.25) is 4.79 Å². The predicted octanol–water partition coefficient (Wildman–Crippen LogP) is 3.73. The number of nitrogens with zero attached hydrogens (tertiary/aromatic N) is 1. The normalized spacial score (nSPS) is 13.9. The van der Waals surface area contributed by atoms with E-state index in [4.69, 9.17) is 9.47 Å². The van der Waals surface area contributed by atoms with Crippen molar-refractivity contribution in [3.8, 4) is 11.5 Å². The lowest BCUT2D eigenvalue weighted by Crippen LogP contribution is -2.42. The van der Waals surface area contributed by atoms with Crippen LogP contribution in [-0.4, -0.2) is 41.2 Å². The first kappa shape index (κ1) is 24.1. The van der Waals surface area contributed by atoms with E-state index in [1.807, 2.05) is 20.8 Å². The van der Waals surface area contributed by atoms with E-state index < -0.39 is 29.8 Å². The van der Waals surface area contributed by atoms with Gasteiger partial charge in [0, 0.05) is 18.2 Å². The van der Waals surface area contributed by atoms with Crippen LogP contribution in [0.3, 0.4) is 0 Å². The summed E-state index contributed by atoms with van der Waals surface area (Å²) in [7, 11) is 1.35. The Morgan fingerprint density at radius 2 is 1.84 bits per heavy atom. The fourth-order valence-corrected chi connectivity index (χ4v) is 3.57. The minimum atomic E-state index is -0.997. The molecular formula is C23H29FN2O5. The third-order valence-electron chi connectivity index (χ3n) is 5.15. The number of aryl methyl sites for hydroxylation is 1. The number of amides is 1. The van der Waals surface area contributed by atoms with Crippen LogP contribution in [0, 0.1) is 18.7 Å². The van der Waals surface area contributed by atoms with E-state index in [1.165, 1.54) is 38.4 Å². The number of aromatic nitrogens is 1. The van der Waals surface area contributed by atoms with Crippen molar-refractivity contribution in [2.24, 2.45) is 5.92 Å². The highest BCUT2D eigenvalue weighted by atomic mass is 19.1. The van der Waals surface area contributed by atoms with E-state index >= 15 is 0 Å². The molecule has 0 saturated carbocycles. The van der Waals surface area contributed by atoms with Crippen LogP contribution in [0.2, 0.25) is 0 Å². The minimum Gasteiger partial charge on any atom is -0.503 e. The van der Waals surface area contributed by atoms with Crippen molar-refractivity contribution >= 4 is 11.9 Å². The fourth-order valence-electron chi connectivity index (χ4n) is 3.57. The first-order chi connectivity index (χ1) is 14.6. The number of benzene rings is 1. The minimum absolute atomic E-state index is 0.0751. The summed E-state index contributed by atoms with van der Waals surface area (Å²) in [6.07, 6.45) is 0.753. The SMILES string of the molecule is COc1ccnc(C(=O)N[C@@H](C)C(=O)O[C@@H](C)[C@H](c2cc(F)ccc2C)C(C)C)c1O. The summed E-state index contributed by atoms with van der Waals surface area (Å²) in [5, 5.41) is 12.5. The molecule has 0 radical (unpaired) electrons. The molecule has 0 fully saturated rings. The average molecular weight is 432 g/mol. The topological polar surface area (TPSA) is 97.8 Å². The van der Waals surface area contributed by atoms with Crippen LogP contribution >= 0.6 is 0 Å². The van der Waals surface area contributed by atoms with Gasteiger partial charge in [0.1, 0.15) is 18.0 Å². The number of carbonyl (C=O) groups is 2. The second kappa shape index (κ2) is 10.2. The van der Waals surface area contributed by atoms with Crippen molar-refractivity contribution in [1.82, 2.24) is 10.3 Å². The summed E-state index contributed by atoms with van der Waals surface area (Å²) >= 11 is 0. The zero-order valence-corrected chi connectivity index (χ0v) is 18.6. The highest BCUT2D eigenvalue weighted by Gasteiger charge is 2.30. The molecule has 0 saturated heterocycles. The van der Waals surface area contributed by atoms with Gasteiger partial charge in [0.2, 0.25) is 0 Å². The summed E-state index contributed by atoms with van der Waals surface area (Å²) in [5.41, 5.74) is 1.42. The number of aromatic hydroxyl groups is 1. The molecule has 0 aliphatic carbocycles. The van der Waals surface area contributed by atoms with Crippen LogP contribution in [0.1, 0.15) is 55.2 Å². The van der Waals surface area contributed by atoms with Gasteiger partial charge in [-0.1, -0.05) is 19.9 Å². The second-order valence-corrected chi connectivity index (χ2v) is 7.82. The third kappa shape index (κ3) is 5.71. The number of ether oxygens (including phenoxy) is 2. The molecule has 1 aromatic heterocycles. The fraction of sp³-hybridized carbons (Fsp3) is 0.435. The van der Waals surface area contributed by atoms with Crippen LogP contribution < -0.4 is 10.1 Å². The van der Waals surface area contributed by atoms with Crippen LogP contribution in [0.5, 0.6) is 11.5 Å². The van der Waals surface area contributed by atoms with Gasteiger partial charge in [0.15, 0.2) is 17.2 Å². The Labute approximate surface area is 181 Å². The number of hydrogen-bond acceptors (Lipinski definition) is 6. The van der Waals surface area contributed by atoms with E-state index in [-0.39, 0.29) is 29.1 Å². The predicted molar refractivity (Wildman–Crippen MR) is 114 cm³/mol. The number of carbonyl (C=O) groups excluding carboxylic acids is 2. The Morgan fingerprint density at radius 3 is 2.45 bits per heavy atom. The van der Waals surface area contributed by atoms with Gasteiger partial charge < -0.3 is 19.9 Å². The van der Waals surface area contributed by atoms with Crippen LogP contribution in [0.4, 0.5) is 4.39 Å². The van der Waals surface area contributed by atoms with E-state index in [0.29, 0.717) is 0 Å². The molecule has 2 aromatic rings. The van der Waals surface area contributed by atoms with Crippen LogP contribution in [0.15, 0.2) is 30.5 Å². The maximum Gasteiger partial charge on any atom is 0.328 e. The molecule has 7 nitrogen and oxygen atoms in total. The number of methoxy groups -OCH3 is 1. The first-order valence-corrected chi connectivity index (χ1v) is 10.1. The zero-order chi connectivity index (χ0) is 23.3. The number of rotatable bonds is 8. The number of nitrogens with one attached hydrogen (secondary N) is 1. The van der Waals surface area contributed by atoms with Gasteiger partial charge >= 0.3 is 5.97 Å². The van der Waals surface area contributed by atoms with Gasteiger partial charge in [-0.25, -0.2) is 14.2 Å². The molecule has 1 heterocycles. The monoisotopic (exact) mass is 432 g/mol. The largest absolute Gasteiger partial charge is 0.503 e. The van der Waals surface area contributed by atoms with Gasteiger partial charge in [-0.15, -0.1) is 0 Å². The molecular weight excluding hydrogens is 403 g/mol. The Bertz CT molecular complexity index is 948. The number of hydrogen-bond donors (Lipinski definition) is 2. The van der Waals surface area contributed by atoms with Crippen molar-refractivity contribution in [3.63, 3.8) is 0 Å². The van der Waals surface area contributed by atoms with Gasteiger partial charge in [-0.05, 0) is 49.9 Å². The second-order valence-electron chi connectivity index (χ2n) is 7.82. The molecule has 0 aliphatic rings. The number of esters is 1. The van der Waals surface area contributed by atoms with Crippen molar-refractivity contribution in [1.29, 1.82) is 0 Å². The molecule has 0 aliphatic heterocycles. The smallest absolute Gasteiger partial charge is 0.328 e. The van der Waals surface area contributed by atoms with Gasteiger partial charge in [0.25, 0.3) is 5.91 Å².